The molecule has 3 unspecified atom stereocenters. The first-order valence-electron chi connectivity index (χ1n) is 18.6. The van der Waals surface area contributed by atoms with Gasteiger partial charge in [0.05, 0.1) is 0 Å². The van der Waals surface area contributed by atoms with E-state index in [0.29, 0.717) is 17.5 Å². The van der Waals surface area contributed by atoms with Gasteiger partial charge in [0.15, 0.2) is 0 Å². The summed E-state index contributed by atoms with van der Waals surface area (Å²) in [6, 6.07) is 22.2. The van der Waals surface area contributed by atoms with Gasteiger partial charge in [0.1, 0.15) is 29.3 Å². The largest absolute Gasteiger partial charge is 0.458 e. The molecule has 3 rings (SSSR count). The van der Waals surface area contributed by atoms with Gasteiger partial charge in [-0.3, -0.25) is 9.59 Å². The smallest absolute Gasteiger partial charge is 0.408 e. The summed E-state index contributed by atoms with van der Waals surface area (Å²) in [6.45, 7) is 12.9. The number of carbonyl (C=O) groups is 4. The van der Waals surface area contributed by atoms with Gasteiger partial charge < -0.3 is 25.0 Å². The van der Waals surface area contributed by atoms with Crippen LogP contribution in [0.1, 0.15) is 109 Å². The van der Waals surface area contributed by atoms with Crippen LogP contribution in [0.25, 0.3) is 0 Å². The molecule has 0 heterocycles. The quantitative estimate of drug-likeness (QED) is 0.0838. The van der Waals surface area contributed by atoms with E-state index in [1.807, 2.05) is 60.7 Å². The van der Waals surface area contributed by atoms with Crippen molar-refractivity contribution < 1.29 is 28.7 Å². The van der Waals surface area contributed by atoms with E-state index in [-0.39, 0.29) is 19.4 Å². The minimum absolute atomic E-state index is 0.144. The van der Waals surface area contributed by atoms with Gasteiger partial charge in [0, 0.05) is 24.9 Å². The lowest BCUT2D eigenvalue weighted by atomic mass is 9.95. The SMILES string of the molecule is C#Cc1ccccc1C(C(=O)NC(Cc1ccccc1)C(=O)OC(C)(C)C)N(CCCCCCC)C(=O)C(Cc1ccccc1)NC(=O)OC(C)(C)C. The molecule has 0 spiro atoms. The van der Waals surface area contributed by atoms with Crippen LogP contribution < -0.4 is 10.6 Å². The number of nitrogens with one attached hydrogen (secondary N) is 2. The van der Waals surface area contributed by atoms with E-state index in [2.05, 4.69) is 23.5 Å². The molecule has 0 bridgehead atoms. The topological polar surface area (TPSA) is 114 Å². The number of unbranched alkanes of at least 4 members (excludes halogenated alkanes) is 4. The summed E-state index contributed by atoms with van der Waals surface area (Å²) in [5, 5.41) is 5.76. The third kappa shape index (κ3) is 14.4. The number of nitrogens with zero attached hydrogens (tertiary/aromatic N) is 1. The van der Waals surface area contributed by atoms with Gasteiger partial charge in [-0.1, -0.05) is 117 Å². The molecule has 9 heteroatoms. The Balaban J connectivity index is 2.16. The first-order valence-corrected chi connectivity index (χ1v) is 18.6. The molecule has 2 N–H and O–H groups in total. The Morgan fingerprint density at radius 2 is 1.23 bits per heavy atom. The van der Waals surface area contributed by atoms with Gasteiger partial charge in [0.2, 0.25) is 11.8 Å². The molecule has 0 aliphatic rings. The number of ether oxygens (including phenoxy) is 2. The molecule has 9 nitrogen and oxygen atoms in total. The Morgan fingerprint density at radius 3 is 1.77 bits per heavy atom. The third-order valence-electron chi connectivity index (χ3n) is 8.32. The van der Waals surface area contributed by atoms with Crippen molar-refractivity contribution in [3.63, 3.8) is 0 Å². The van der Waals surface area contributed by atoms with E-state index in [0.717, 1.165) is 36.8 Å². The Kier molecular flexibility index (Phi) is 16.1. The van der Waals surface area contributed by atoms with Gasteiger partial charge in [-0.25, -0.2) is 9.59 Å². The number of amides is 3. The number of benzene rings is 3. The van der Waals surface area contributed by atoms with E-state index < -0.39 is 53.2 Å². The summed E-state index contributed by atoms with van der Waals surface area (Å²) in [6.07, 6.45) is 9.98. The zero-order chi connectivity index (χ0) is 39.0. The third-order valence-corrected chi connectivity index (χ3v) is 8.32. The van der Waals surface area contributed by atoms with Crippen molar-refractivity contribution in [1.82, 2.24) is 15.5 Å². The lowest BCUT2D eigenvalue weighted by molar-refractivity contribution is -0.159. The number of hydrogen-bond acceptors (Lipinski definition) is 6. The van der Waals surface area contributed by atoms with E-state index in [1.54, 1.807) is 65.8 Å². The number of esters is 1. The van der Waals surface area contributed by atoms with Crippen LogP contribution in [0.3, 0.4) is 0 Å². The maximum Gasteiger partial charge on any atom is 0.408 e. The van der Waals surface area contributed by atoms with Gasteiger partial charge in [-0.2, -0.15) is 0 Å². The highest BCUT2D eigenvalue weighted by atomic mass is 16.6. The van der Waals surface area contributed by atoms with Gasteiger partial charge in [-0.05, 0) is 70.7 Å². The predicted molar refractivity (Wildman–Crippen MR) is 209 cm³/mol. The maximum atomic E-state index is 15.0. The van der Waals surface area contributed by atoms with Gasteiger partial charge in [0.25, 0.3) is 0 Å². The summed E-state index contributed by atoms with van der Waals surface area (Å²) in [5.41, 5.74) is 0.846. The van der Waals surface area contributed by atoms with Crippen molar-refractivity contribution >= 4 is 23.9 Å². The molecule has 53 heavy (non-hydrogen) atoms. The first kappa shape index (κ1) is 42.3. The summed E-state index contributed by atoms with van der Waals surface area (Å²) in [4.78, 5) is 58.3. The van der Waals surface area contributed by atoms with Crippen LogP contribution in [0, 0.1) is 12.3 Å². The normalized spacial score (nSPS) is 13.1. The zero-order valence-corrected chi connectivity index (χ0v) is 32.4. The van der Waals surface area contributed by atoms with Crippen molar-refractivity contribution in [1.29, 1.82) is 0 Å². The standard InChI is InChI=1S/C44H57N3O6/c1-9-11-12-13-22-29-47(40(49)36(30-32-23-16-14-17-24-32)46-42(51)53-44(6,7)8)38(35-28-21-20-27-34(35)10-2)39(48)45-37(41(50)52-43(3,4)5)31-33-25-18-15-19-26-33/h2,14-21,23-28,36-38H,9,11-13,22,29-31H2,1,3-8H3,(H,45,48)(H,46,51). The van der Waals surface area contributed by atoms with Crippen LogP contribution in [0.4, 0.5) is 4.79 Å². The van der Waals surface area contributed by atoms with E-state index >= 15 is 4.79 Å². The molecule has 0 aromatic heterocycles. The molecule has 0 fully saturated rings. The fourth-order valence-electron chi connectivity index (χ4n) is 5.94. The molecule has 0 aliphatic heterocycles. The van der Waals surface area contributed by atoms with Crippen molar-refractivity contribution in [3.05, 3.63) is 107 Å². The van der Waals surface area contributed by atoms with Crippen LogP contribution in [-0.2, 0) is 36.7 Å². The van der Waals surface area contributed by atoms with E-state index in [9.17, 15) is 14.4 Å². The molecule has 0 aliphatic carbocycles. The second kappa shape index (κ2) is 20.2. The molecule has 0 saturated carbocycles. The van der Waals surface area contributed by atoms with Crippen LogP contribution >= 0.6 is 0 Å². The number of alkyl carbamates (subject to hydrolysis) is 1. The molecule has 284 valence electrons. The Bertz CT molecular complexity index is 1670. The highest BCUT2D eigenvalue weighted by Gasteiger charge is 2.39. The minimum Gasteiger partial charge on any atom is -0.458 e. The Labute approximate surface area is 316 Å². The number of rotatable bonds is 17. The zero-order valence-electron chi connectivity index (χ0n) is 32.4. The maximum absolute atomic E-state index is 15.0. The van der Waals surface area contributed by atoms with E-state index in [4.69, 9.17) is 15.9 Å². The molecule has 3 aromatic rings. The van der Waals surface area contributed by atoms with Crippen LogP contribution in [-0.4, -0.2) is 58.6 Å². The summed E-state index contributed by atoms with van der Waals surface area (Å²) < 4.78 is 11.4. The fraction of sp³-hybridized carbons (Fsp3) is 0.455. The Morgan fingerprint density at radius 1 is 0.698 bits per heavy atom. The second-order valence-electron chi connectivity index (χ2n) is 15.3. The number of hydrogen-bond donors (Lipinski definition) is 2. The summed E-state index contributed by atoms with van der Waals surface area (Å²) >= 11 is 0. The van der Waals surface area contributed by atoms with Crippen molar-refractivity contribution in [2.45, 2.75) is 123 Å². The number of carbonyl (C=O) groups excluding carboxylic acids is 4. The molecule has 0 saturated heterocycles. The lowest BCUT2D eigenvalue weighted by Crippen LogP contribution is -2.55. The molecular formula is C44H57N3O6. The van der Waals surface area contributed by atoms with Crippen molar-refractivity contribution in [2.24, 2.45) is 0 Å². The summed E-state index contributed by atoms with van der Waals surface area (Å²) in [7, 11) is 0. The molecule has 3 amide bonds. The Hall–Kier alpha value is -5.10. The van der Waals surface area contributed by atoms with Gasteiger partial charge >= 0.3 is 12.1 Å². The van der Waals surface area contributed by atoms with E-state index in [1.165, 1.54) is 4.90 Å². The van der Waals surface area contributed by atoms with Crippen molar-refractivity contribution in [2.75, 3.05) is 6.54 Å². The molecule has 0 radical (unpaired) electrons. The molecule has 3 aromatic carbocycles. The molecular weight excluding hydrogens is 666 g/mol. The monoisotopic (exact) mass is 723 g/mol. The minimum atomic E-state index is -1.25. The highest BCUT2D eigenvalue weighted by Crippen LogP contribution is 2.28. The van der Waals surface area contributed by atoms with Crippen molar-refractivity contribution in [3.8, 4) is 12.3 Å². The first-order chi connectivity index (χ1) is 25.1. The lowest BCUT2D eigenvalue weighted by Gasteiger charge is -2.36. The number of terminal acetylenes is 1. The highest BCUT2D eigenvalue weighted by molar-refractivity contribution is 5.94. The van der Waals surface area contributed by atoms with Gasteiger partial charge in [-0.15, -0.1) is 6.42 Å². The second-order valence-corrected chi connectivity index (χ2v) is 15.3. The van der Waals surface area contributed by atoms with Crippen LogP contribution in [0.15, 0.2) is 84.9 Å². The fourth-order valence-corrected chi connectivity index (χ4v) is 5.94. The predicted octanol–water partition coefficient (Wildman–Crippen LogP) is 7.71. The van der Waals surface area contributed by atoms with Crippen LogP contribution in [0.5, 0.6) is 0 Å². The average Bonchev–Trinajstić information content (AvgIpc) is 3.09. The average molecular weight is 724 g/mol. The van der Waals surface area contributed by atoms with Crippen LogP contribution in [0.2, 0.25) is 0 Å². The summed E-state index contributed by atoms with van der Waals surface area (Å²) in [5.74, 6) is 0.990. The molecule has 3 atom stereocenters.